The first-order valence-electron chi connectivity index (χ1n) is 7.10. The van der Waals surface area contributed by atoms with Crippen molar-refractivity contribution in [3.63, 3.8) is 0 Å². The molecule has 22 heavy (non-hydrogen) atoms. The first kappa shape index (κ1) is 16.3. The minimum absolute atomic E-state index is 0. The molecule has 0 saturated heterocycles. The van der Waals surface area contributed by atoms with Crippen LogP contribution in [0.25, 0.3) is 0 Å². The Bertz CT molecular complexity index is 634. The van der Waals surface area contributed by atoms with Gasteiger partial charge in [0.1, 0.15) is 0 Å². The molecule has 2 aromatic rings. The van der Waals surface area contributed by atoms with Gasteiger partial charge in [0.25, 0.3) is 0 Å². The monoisotopic (exact) mass is 320 g/mol. The number of nitrogens with one attached hydrogen (secondary N) is 1. The molecule has 0 saturated carbocycles. The number of methoxy groups -OCH3 is 2. The molecule has 0 unspecified atom stereocenters. The summed E-state index contributed by atoms with van der Waals surface area (Å²) in [5, 5.41) is 3.43. The van der Waals surface area contributed by atoms with E-state index in [1.54, 1.807) is 14.2 Å². The van der Waals surface area contributed by atoms with Crippen LogP contribution in [-0.2, 0) is 6.54 Å². The zero-order chi connectivity index (χ0) is 14.7. The summed E-state index contributed by atoms with van der Waals surface area (Å²) in [6.07, 6.45) is 0. The van der Waals surface area contributed by atoms with Crippen molar-refractivity contribution in [3.8, 4) is 11.5 Å². The molecule has 0 amide bonds. The van der Waals surface area contributed by atoms with Crippen LogP contribution in [-0.4, -0.2) is 27.3 Å². The van der Waals surface area contributed by atoms with Crippen molar-refractivity contribution in [2.24, 2.45) is 0 Å². The van der Waals surface area contributed by atoms with Crippen LogP contribution in [0.2, 0.25) is 0 Å². The van der Waals surface area contributed by atoms with Gasteiger partial charge in [0, 0.05) is 19.6 Å². The van der Waals surface area contributed by atoms with Crippen molar-refractivity contribution in [1.29, 1.82) is 0 Å². The number of hydrogen-bond donors (Lipinski definition) is 1. The zero-order valence-corrected chi connectivity index (χ0v) is 13.7. The third kappa shape index (κ3) is 3.22. The number of benzene rings is 2. The number of halogens is 1. The zero-order valence-electron chi connectivity index (χ0n) is 12.8. The van der Waals surface area contributed by atoms with Gasteiger partial charge in [-0.05, 0) is 29.8 Å². The SMILES string of the molecule is COc1ccc(CN2CCNc3ccccc32)cc1OC.Cl. The molecule has 1 aliphatic rings. The highest BCUT2D eigenvalue weighted by molar-refractivity contribution is 5.85. The molecule has 0 aliphatic carbocycles. The minimum Gasteiger partial charge on any atom is -0.493 e. The van der Waals surface area contributed by atoms with E-state index in [0.717, 1.165) is 31.1 Å². The molecule has 0 aromatic heterocycles. The van der Waals surface area contributed by atoms with Crippen LogP contribution in [0.4, 0.5) is 11.4 Å². The Balaban J connectivity index is 0.00000176. The molecule has 118 valence electrons. The van der Waals surface area contributed by atoms with E-state index in [4.69, 9.17) is 9.47 Å². The van der Waals surface area contributed by atoms with Gasteiger partial charge in [-0.15, -0.1) is 12.4 Å². The molecule has 0 radical (unpaired) electrons. The average Bonchev–Trinajstić information content (AvgIpc) is 2.55. The molecular weight excluding hydrogens is 300 g/mol. The summed E-state index contributed by atoms with van der Waals surface area (Å²) in [6.45, 7) is 2.81. The van der Waals surface area contributed by atoms with Gasteiger partial charge in [-0.3, -0.25) is 0 Å². The van der Waals surface area contributed by atoms with E-state index in [1.165, 1.54) is 16.9 Å². The molecule has 5 heteroatoms. The lowest BCUT2D eigenvalue weighted by Crippen LogP contribution is -2.33. The van der Waals surface area contributed by atoms with Crippen LogP contribution in [0.15, 0.2) is 42.5 Å². The average molecular weight is 321 g/mol. The van der Waals surface area contributed by atoms with Crippen LogP contribution >= 0.6 is 12.4 Å². The Hall–Kier alpha value is -2.07. The predicted octanol–water partition coefficient (Wildman–Crippen LogP) is 3.56. The van der Waals surface area contributed by atoms with Gasteiger partial charge >= 0.3 is 0 Å². The van der Waals surface area contributed by atoms with Crippen molar-refractivity contribution in [2.45, 2.75) is 6.54 Å². The van der Waals surface area contributed by atoms with E-state index >= 15 is 0 Å². The van der Waals surface area contributed by atoms with Gasteiger partial charge in [0.15, 0.2) is 11.5 Å². The molecular formula is C17H21ClN2O2. The Morgan fingerprint density at radius 2 is 1.82 bits per heavy atom. The van der Waals surface area contributed by atoms with Crippen LogP contribution in [0.5, 0.6) is 11.5 Å². The van der Waals surface area contributed by atoms with Crippen LogP contribution in [0.1, 0.15) is 5.56 Å². The van der Waals surface area contributed by atoms with Crippen molar-refractivity contribution >= 4 is 23.8 Å². The maximum atomic E-state index is 5.38. The van der Waals surface area contributed by atoms with E-state index in [-0.39, 0.29) is 12.4 Å². The molecule has 1 heterocycles. The lowest BCUT2D eigenvalue weighted by atomic mass is 10.1. The standard InChI is InChI=1S/C17H20N2O2.ClH/c1-20-16-8-7-13(11-17(16)21-2)12-19-10-9-18-14-5-3-4-6-15(14)19;/h3-8,11,18H,9-10,12H2,1-2H3;1H. The highest BCUT2D eigenvalue weighted by atomic mass is 35.5. The van der Waals surface area contributed by atoms with E-state index < -0.39 is 0 Å². The van der Waals surface area contributed by atoms with Gasteiger partial charge < -0.3 is 19.7 Å². The topological polar surface area (TPSA) is 33.7 Å². The number of fused-ring (bicyclic) bond motifs is 1. The highest BCUT2D eigenvalue weighted by Crippen LogP contribution is 2.32. The fourth-order valence-corrected chi connectivity index (χ4v) is 2.71. The molecule has 1 N–H and O–H groups in total. The second-order valence-corrected chi connectivity index (χ2v) is 5.05. The molecule has 3 rings (SSSR count). The molecule has 4 nitrogen and oxygen atoms in total. The van der Waals surface area contributed by atoms with E-state index in [1.807, 2.05) is 12.1 Å². The minimum atomic E-state index is 0. The molecule has 0 bridgehead atoms. The summed E-state index contributed by atoms with van der Waals surface area (Å²) in [6, 6.07) is 14.5. The Kier molecular flexibility index (Phi) is 5.39. The summed E-state index contributed by atoms with van der Waals surface area (Å²) >= 11 is 0. The fraction of sp³-hybridized carbons (Fsp3) is 0.294. The number of para-hydroxylation sites is 2. The number of nitrogens with zero attached hydrogens (tertiary/aromatic N) is 1. The quantitative estimate of drug-likeness (QED) is 0.934. The lowest BCUT2D eigenvalue weighted by molar-refractivity contribution is 0.354. The number of anilines is 2. The van der Waals surface area contributed by atoms with E-state index in [2.05, 4.69) is 40.5 Å². The normalized spacial score (nSPS) is 12.7. The highest BCUT2D eigenvalue weighted by Gasteiger charge is 2.16. The Morgan fingerprint density at radius 3 is 2.59 bits per heavy atom. The summed E-state index contributed by atoms with van der Waals surface area (Å²) in [4.78, 5) is 2.38. The number of ether oxygens (including phenoxy) is 2. The molecule has 2 aromatic carbocycles. The van der Waals surface area contributed by atoms with Gasteiger partial charge in [0.05, 0.1) is 25.6 Å². The maximum Gasteiger partial charge on any atom is 0.161 e. The summed E-state index contributed by atoms with van der Waals surface area (Å²) in [5.41, 5.74) is 3.66. The van der Waals surface area contributed by atoms with Crippen molar-refractivity contribution in [3.05, 3.63) is 48.0 Å². The molecule has 0 spiro atoms. The van der Waals surface area contributed by atoms with Crippen LogP contribution < -0.4 is 19.7 Å². The largest absolute Gasteiger partial charge is 0.493 e. The van der Waals surface area contributed by atoms with E-state index in [9.17, 15) is 0 Å². The molecule has 1 aliphatic heterocycles. The number of rotatable bonds is 4. The molecule has 0 fully saturated rings. The van der Waals surface area contributed by atoms with Crippen LogP contribution in [0, 0.1) is 0 Å². The van der Waals surface area contributed by atoms with Crippen LogP contribution in [0.3, 0.4) is 0 Å². The first-order valence-corrected chi connectivity index (χ1v) is 7.10. The Labute approximate surface area is 137 Å². The molecule has 0 atom stereocenters. The summed E-state index contributed by atoms with van der Waals surface area (Å²) in [5.74, 6) is 1.54. The first-order chi connectivity index (χ1) is 10.3. The predicted molar refractivity (Wildman–Crippen MR) is 92.8 cm³/mol. The third-order valence-corrected chi connectivity index (χ3v) is 3.76. The van der Waals surface area contributed by atoms with Gasteiger partial charge in [-0.2, -0.15) is 0 Å². The smallest absolute Gasteiger partial charge is 0.161 e. The van der Waals surface area contributed by atoms with Gasteiger partial charge in [-0.25, -0.2) is 0 Å². The van der Waals surface area contributed by atoms with Crippen molar-refractivity contribution in [1.82, 2.24) is 0 Å². The maximum absolute atomic E-state index is 5.38. The fourth-order valence-electron chi connectivity index (χ4n) is 2.71. The lowest BCUT2D eigenvalue weighted by Gasteiger charge is -2.32. The van der Waals surface area contributed by atoms with Crippen molar-refractivity contribution in [2.75, 3.05) is 37.5 Å². The second-order valence-electron chi connectivity index (χ2n) is 5.05. The third-order valence-electron chi connectivity index (χ3n) is 3.76. The van der Waals surface area contributed by atoms with Gasteiger partial charge in [-0.1, -0.05) is 18.2 Å². The Morgan fingerprint density at radius 1 is 1.05 bits per heavy atom. The van der Waals surface area contributed by atoms with E-state index in [0.29, 0.717) is 0 Å². The van der Waals surface area contributed by atoms with Gasteiger partial charge in [0.2, 0.25) is 0 Å². The summed E-state index contributed by atoms with van der Waals surface area (Å²) < 4.78 is 10.7. The second kappa shape index (κ2) is 7.27. The summed E-state index contributed by atoms with van der Waals surface area (Å²) in [7, 11) is 3.33. The van der Waals surface area contributed by atoms with Crippen molar-refractivity contribution < 1.29 is 9.47 Å². The number of hydrogen-bond acceptors (Lipinski definition) is 4.